The molecule has 0 N–H and O–H groups in total. The fraction of sp³-hybridized carbons (Fsp3) is 0.0811. The van der Waals surface area contributed by atoms with Crippen LogP contribution in [0.4, 0.5) is 0 Å². The van der Waals surface area contributed by atoms with Gasteiger partial charge in [-0.1, -0.05) is 54.2 Å². The molecule has 0 spiro atoms. The third-order valence-corrected chi connectivity index (χ3v) is 7.38. The molecule has 0 fully saturated rings. The van der Waals surface area contributed by atoms with Crippen molar-refractivity contribution in [3.8, 4) is 71.3 Å². The standard InChI is InChI=1S/C37H25N4.H2.3H/c1-6-27-18-20-31(30(8-3)24(27)4)35-38-36(32-21-19-28(7-2)25(5)34(32)29-16-17-29)40-37(39-35)33-15-12-22-41(33)23-26-13-10-9-11-14-26;;;;/h1-3,9-22H,23H2,4-5H3;1H;;;. The van der Waals surface area contributed by atoms with E-state index in [1.807, 2.05) is 74.6 Å². The van der Waals surface area contributed by atoms with E-state index in [4.69, 9.17) is 34.2 Å². The van der Waals surface area contributed by atoms with E-state index in [9.17, 15) is 0 Å². The van der Waals surface area contributed by atoms with Crippen LogP contribution in [0.1, 0.15) is 44.7 Å². The summed E-state index contributed by atoms with van der Waals surface area (Å²) in [6.07, 6.45) is 23.7. The Hall–Kier alpha value is -5.63. The molecule has 41 heavy (non-hydrogen) atoms. The minimum atomic E-state index is 0. The van der Waals surface area contributed by atoms with Gasteiger partial charge in [0.15, 0.2) is 17.5 Å². The fourth-order valence-electron chi connectivity index (χ4n) is 5.14. The summed E-state index contributed by atoms with van der Waals surface area (Å²) in [7, 11) is 0. The topological polar surface area (TPSA) is 43.6 Å². The number of hydrogen-bond donors (Lipinski definition) is 0. The summed E-state index contributed by atoms with van der Waals surface area (Å²) >= 11 is 0. The van der Waals surface area contributed by atoms with Crippen LogP contribution >= 0.6 is 0 Å². The summed E-state index contributed by atoms with van der Waals surface area (Å²) in [6.45, 7) is 4.64. The Labute approximate surface area is 246 Å². The predicted octanol–water partition coefficient (Wildman–Crippen LogP) is 7.47. The monoisotopic (exact) mass is 530 g/mol. The SMILES string of the molecule is C#Cc1ccc(-c2nc(-c3ccc(C#C)c(C)c3C3=C[CH]3)nc(-c3cccn3Cc3ccccc3)n2)c(C#C)c1C.[HH].[H].[H].[H]. The largest absolute Gasteiger partial charge is 0.341 e. The number of aromatic nitrogens is 4. The zero-order valence-electron chi connectivity index (χ0n) is 25.8. The molecule has 3 aromatic carbocycles. The van der Waals surface area contributed by atoms with Gasteiger partial charge >= 0.3 is 0 Å². The van der Waals surface area contributed by atoms with Crippen molar-refractivity contribution in [1.82, 2.24) is 19.5 Å². The molecule has 5 aromatic rings. The Morgan fingerprint density at radius 1 is 0.732 bits per heavy atom. The van der Waals surface area contributed by atoms with Crippen LogP contribution in [0.2, 0.25) is 0 Å². The van der Waals surface area contributed by atoms with Gasteiger partial charge in [0.2, 0.25) is 0 Å². The molecule has 2 heterocycles. The van der Waals surface area contributed by atoms with Gasteiger partial charge in [0.25, 0.3) is 0 Å². The first-order valence-corrected chi connectivity index (χ1v) is 13.2. The highest BCUT2D eigenvalue weighted by molar-refractivity contribution is 5.95. The molecular formula is C37H30N4. The van der Waals surface area contributed by atoms with E-state index in [0.717, 1.165) is 50.2 Å². The summed E-state index contributed by atoms with van der Waals surface area (Å²) in [5.41, 5.74) is 9.90. The molecule has 0 saturated carbocycles. The van der Waals surface area contributed by atoms with E-state index in [1.165, 1.54) is 5.56 Å². The number of nitrogens with zero attached hydrogens (tertiary/aromatic N) is 4. The molecule has 0 aliphatic heterocycles. The average molecular weight is 531 g/mol. The van der Waals surface area contributed by atoms with Crippen LogP contribution in [-0.2, 0) is 6.54 Å². The van der Waals surface area contributed by atoms with E-state index >= 15 is 0 Å². The van der Waals surface area contributed by atoms with Crippen LogP contribution in [0.5, 0.6) is 0 Å². The van der Waals surface area contributed by atoms with Crippen molar-refractivity contribution in [2.24, 2.45) is 0 Å². The molecule has 0 saturated heterocycles. The van der Waals surface area contributed by atoms with Gasteiger partial charge in [-0.3, -0.25) is 0 Å². The van der Waals surface area contributed by atoms with Gasteiger partial charge in [-0.15, -0.1) is 19.3 Å². The van der Waals surface area contributed by atoms with Crippen molar-refractivity contribution < 1.29 is 5.71 Å². The number of terminal acetylenes is 3. The third kappa shape index (κ3) is 4.72. The first kappa shape index (κ1) is 25.6. The van der Waals surface area contributed by atoms with Crippen molar-refractivity contribution in [3.63, 3.8) is 0 Å². The van der Waals surface area contributed by atoms with E-state index < -0.39 is 0 Å². The summed E-state index contributed by atoms with van der Waals surface area (Å²) < 4.78 is 2.14. The molecule has 0 amide bonds. The van der Waals surface area contributed by atoms with Gasteiger partial charge < -0.3 is 4.57 Å². The second-order valence-electron chi connectivity index (χ2n) is 9.86. The number of rotatable bonds is 6. The van der Waals surface area contributed by atoms with Gasteiger partial charge in [-0.25, -0.2) is 15.0 Å². The molecule has 6 rings (SSSR count). The normalized spacial score (nSPS) is 11.7. The molecule has 4 radical (unpaired) electrons. The van der Waals surface area contributed by atoms with Crippen molar-refractivity contribution in [2.75, 3.05) is 0 Å². The summed E-state index contributed by atoms with van der Waals surface area (Å²) in [5.74, 6) is 9.90. The summed E-state index contributed by atoms with van der Waals surface area (Å²) in [4.78, 5) is 15.0. The lowest BCUT2D eigenvalue weighted by molar-refractivity contribution is 0.806. The molecule has 198 valence electrons. The highest BCUT2D eigenvalue weighted by Crippen LogP contribution is 2.40. The Bertz CT molecular complexity index is 2010. The quantitative estimate of drug-likeness (QED) is 0.214. The van der Waals surface area contributed by atoms with Crippen molar-refractivity contribution in [3.05, 3.63) is 124 Å². The van der Waals surface area contributed by atoms with Crippen LogP contribution in [-0.4, -0.2) is 19.5 Å². The zero-order valence-corrected chi connectivity index (χ0v) is 22.8. The Kier molecular flexibility index (Phi) is 6.57. The molecule has 0 atom stereocenters. The van der Waals surface area contributed by atoms with Crippen LogP contribution < -0.4 is 0 Å². The van der Waals surface area contributed by atoms with Crippen LogP contribution in [0.25, 0.3) is 39.9 Å². The second-order valence-corrected chi connectivity index (χ2v) is 9.86. The first-order chi connectivity index (χ1) is 20.0. The molecule has 0 bridgehead atoms. The van der Waals surface area contributed by atoms with Crippen molar-refractivity contribution in [2.45, 2.75) is 20.4 Å². The Morgan fingerprint density at radius 3 is 2.02 bits per heavy atom. The molecule has 2 aromatic heterocycles. The number of benzene rings is 3. The molecule has 1 aliphatic carbocycles. The average Bonchev–Trinajstić information content (AvgIpc) is 3.74. The molecule has 4 nitrogen and oxygen atoms in total. The highest BCUT2D eigenvalue weighted by Gasteiger charge is 2.24. The molecule has 0 unspecified atom stereocenters. The van der Waals surface area contributed by atoms with Gasteiger partial charge in [-0.2, -0.15) is 0 Å². The van der Waals surface area contributed by atoms with E-state index in [-0.39, 0.29) is 5.71 Å². The first-order valence-electron chi connectivity index (χ1n) is 13.2. The third-order valence-electron chi connectivity index (χ3n) is 7.38. The maximum Gasteiger partial charge on any atom is 0.180 e. The molecule has 4 heteroatoms. The summed E-state index contributed by atoms with van der Waals surface area (Å²) in [5, 5.41) is 0. The number of hydrogen-bond acceptors (Lipinski definition) is 3. The number of allylic oxidation sites excluding steroid dienone is 2. The highest BCUT2D eigenvalue weighted by atomic mass is 15.1. The maximum absolute atomic E-state index is 6.00. The zero-order chi connectivity index (χ0) is 28.5. The molecular weight excluding hydrogens is 500 g/mol. The lowest BCUT2D eigenvalue weighted by Gasteiger charge is -2.15. The Morgan fingerprint density at radius 2 is 1.37 bits per heavy atom. The van der Waals surface area contributed by atoms with Crippen LogP contribution in [0.15, 0.2) is 79.0 Å². The van der Waals surface area contributed by atoms with Crippen molar-refractivity contribution >= 4 is 5.57 Å². The van der Waals surface area contributed by atoms with E-state index in [0.29, 0.717) is 29.6 Å². The van der Waals surface area contributed by atoms with Gasteiger partial charge in [0.1, 0.15) is 0 Å². The van der Waals surface area contributed by atoms with Gasteiger partial charge in [-0.05, 0) is 78.1 Å². The predicted molar refractivity (Wildman–Crippen MR) is 171 cm³/mol. The lowest BCUT2D eigenvalue weighted by Crippen LogP contribution is -2.07. The Balaban J connectivity index is 0.00000176. The van der Waals surface area contributed by atoms with Gasteiger partial charge in [0, 0.05) is 52.7 Å². The minimum Gasteiger partial charge on any atom is -0.341 e. The fourth-order valence-corrected chi connectivity index (χ4v) is 5.14. The van der Waals surface area contributed by atoms with Crippen LogP contribution in [0, 0.1) is 57.3 Å². The second kappa shape index (κ2) is 10.5. The molecule has 1 aliphatic rings. The van der Waals surface area contributed by atoms with E-state index in [2.05, 4.69) is 47.0 Å². The van der Waals surface area contributed by atoms with Gasteiger partial charge in [0.05, 0.1) is 5.69 Å². The summed E-state index contributed by atoms with van der Waals surface area (Å²) in [6, 6.07) is 22.0. The van der Waals surface area contributed by atoms with E-state index in [1.54, 1.807) is 0 Å². The maximum atomic E-state index is 6.00. The van der Waals surface area contributed by atoms with Crippen molar-refractivity contribution in [1.29, 1.82) is 0 Å². The van der Waals surface area contributed by atoms with Crippen LogP contribution in [0.3, 0.4) is 0 Å². The smallest absolute Gasteiger partial charge is 0.180 e. The lowest BCUT2D eigenvalue weighted by atomic mass is 9.94. The minimum absolute atomic E-state index is 0.